The number of nitrogens with zero attached hydrogens (tertiary/aromatic N) is 11. The number of carbonyl (C=O) groups excluding carboxylic acids is 1. The Balaban J connectivity index is 0.000000484. The highest BCUT2D eigenvalue weighted by Gasteiger charge is 2.03. The summed E-state index contributed by atoms with van der Waals surface area (Å²) in [4.78, 5) is 49.3. The number of hydrogen-bond donors (Lipinski definition) is 3. The lowest BCUT2D eigenvalue weighted by Gasteiger charge is -1.87. The molecule has 0 atom stereocenters. The number of rotatable bonds is 11. The molecule has 210 valence electrons. The predicted molar refractivity (Wildman–Crippen MR) is 128 cm³/mol. The Hall–Kier alpha value is -4.95. The van der Waals surface area contributed by atoms with E-state index < -0.39 is 10.8 Å². The molecule has 5 N–H and O–H groups in total. The summed E-state index contributed by atoms with van der Waals surface area (Å²) < 4.78 is 3.19. The third-order valence-electron chi connectivity index (χ3n) is 3.72. The van der Waals surface area contributed by atoms with Gasteiger partial charge in [0.1, 0.15) is 24.8 Å². The molecule has 3 aromatic rings. The van der Waals surface area contributed by atoms with Crippen molar-refractivity contribution in [3.63, 3.8) is 0 Å². The monoisotopic (exact) mass is 542 g/mol. The minimum absolute atomic E-state index is 0.102. The minimum Gasteiger partial charge on any atom is -0.369 e. The number of H-pyrrole nitrogens is 1. The number of hydrogen-bond acceptors (Lipinski definition) is 14. The topological polar surface area (TPSA) is 302 Å². The molecule has 21 heteroatoms. The van der Waals surface area contributed by atoms with Crippen LogP contribution in [0.3, 0.4) is 0 Å². The van der Waals surface area contributed by atoms with E-state index in [1.54, 1.807) is 18.1 Å². The summed E-state index contributed by atoms with van der Waals surface area (Å²) in [5, 5.41) is 43.2. The van der Waals surface area contributed by atoms with Crippen LogP contribution in [0.4, 0.5) is 0 Å². The normalized spacial score (nSPS) is 9.55. The van der Waals surface area contributed by atoms with E-state index in [0.29, 0.717) is 31.0 Å². The van der Waals surface area contributed by atoms with Gasteiger partial charge in [-0.25, -0.2) is 15.0 Å². The van der Waals surface area contributed by atoms with Gasteiger partial charge in [-0.1, -0.05) is 0 Å². The second-order valence-electron chi connectivity index (χ2n) is 7.03. The van der Waals surface area contributed by atoms with E-state index in [9.17, 15) is 35.1 Å². The maximum Gasteiger partial charge on any atom is 0.224 e. The third kappa shape index (κ3) is 19.4. The number of primary amides is 1. The van der Waals surface area contributed by atoms with Crippen molar-refractivity contribution in [1.29, 1.82) is 0 Å². The number of nitrogens with two attached hydrogens (primary N) is 2. The number of amides is 1. The van der Waals surface area contributed by atoms with Crippen LogP contribution < -0.4 is 11.5 Å². The molecule has 0 saturated carbocycles. The average molecular weight is 543 g/mol. The maximum absolute atomic E-state index is 9.92. The predicted octanol–water partition coefficient (Wildman–Crippen LogP) is -2.29. The van der Waals surface area contributed by atoms with Crippen molar-refractivity contribution in [3.8, 4) is 0 Å². The summed E-state index contributed by atoms with van der Waals surface area (Å²) in [5.74, 6) is 1.25. The molecule has 0 saturated heterocycles. The Morgan fingerprint density at radius 2 is 1.37 bits per heavy atom. The van der Waals surface area contributed by atoms with E-state index >= 15 is 0 Å². The molecular formula is C17H30N14O7. The highest BCUT2D eigenvalue weighted by atomic mass is 16.6. The van der Waals surface area contributed by atoms with Gasteiger partial charge in [0.25, 0.3) is 0 Å². The first kappa shape index (κ1) is 33.0. The lowest BCUT2D eigenvalue weighted by molar-refractivity contribution is -0.479. The fourth-order valence-electron chi connectivity index (χ4n) is 2.07. The molecule has 1 amide bonds. The van der Waals surface area contributed by atoms with Crippen molar-refractivity contribution < 1.29 is 19.6 Å². The zero-order chi connectivity index (χ0) is 28.9. The molecule has 0 radical (unpaired) electrons. The van der Waals surface area contributed by atoms with Crippen molar-refractivity contribution in [2.45, 2.75) is 25.7 Å². The zero-order valence-electron chi connectivity index (χ0n) is 20.8. The lowest BCUT2D eigenvalue weighted by Crippen LogP contribution is -2.15. The van der Waals surface area contributed by atoms with Crippen molar-refractivity contribution in [1.82, 2.24) is 44.7 Å². The summed E-state index contributed by atoms with van der Waals surface area (Å²) >= 11 is 0. The number of aryl methyl sites for hydroxylation is 2. The molecule has 0 unspecified atom stereocenters. The number of aromatic nitrogens is 9. The average Bonchev–Trinajstić information content (AvgIpc) is 3.60. The van der Waals surface area contributed by atoms with E-state index in [1.807, 2.05) is 7.05 Å². The van der Waals surface area contributed by atoms with Crippen molar-refractivity contribution in [2.24, 2.45) is 25.6 Å². The number of nitrogens with one attached hydrogen (secondary N) is 1. The largest absolute Gasteiger partial charge is 0.369 e. The SMILES string of the molecule is Cn1cnc(CCN)n1.Cn1cnc(CC[N+](=O)[O-])n1.NC(=O)CC[N+](=O)[O-].O=[N+]([O-])CCc1ncn[nH]1. The molecule has 3 rings (SSSR count). The van der Waals surface area contributed by atoms with E-state index in [4.69, 9.17) is 5.73 Å². The fraction of sp³-hybridized carbons (Fsp3) is 0.588. The van der Waals surface area contributed by atoms with Crippen LogP contribution in [-0.2, 0) is 38.2 Å². The zero-order valence-corrected chi connectivity index (χ0v) is 20.8. The molecule has 3 heterocycles. The first-order valence-corrected chi connectivity index (χ1v) is 10.8. The van der Waals surface area contributed by atoms with Crippen LogP contribution in [0.5, 0.6) is 0 Å². The quantitative estimate of drug-likeness (QED) is 0.170. The molecule has 0 fully saturated rings. The Morgan fingerprint density at radius 3 is 1.71 bits per heavy atom. The van der Waals surface area contributed by atoms with Crippen LogP contribution in [0.25, 0.3) is 0 Å². The van der Waals surface area contributed by atoms with Gasteiger partial charge in [-0.05, 0) is 6.54 Å². The highest BCUT2D eigenvalue weighted by Crippen LogP contribution is 1.89. The van der Waals surface area contributed by atoms with Gasteiger partial charge in [-0.15, -0.1) is 0 Å². The summed E-state index contributed by atoms with van der Waals surface area (Å²) in [6.45, 7) is 0.0402. The molecule has 38 heavy (non-hydrogen) atoms. The van der Waals surface area contributed by atoms with Gasteiger partial charge in [-0.3, -0.25) is 49.6 Å². The lowest BCUT2D eigenvalue weighted by atomic mass is 10.4. The van der Waals surface area contributed by atoms with Gasteiger partial charge in [0.05, 0.1) is 19.3 Å². The summed E-state index contributed by atoms with van der Waals surface area (Å²) in [5.41, 5.74) is 9.88. The number of carbonyl (C=O) groups is 1. The second-order valence-corrected chi connectivity index (χ2v) is 7.03. The van der Waals surface area contributed by atoms with E-state index in [-0.39, 0.29) is 35.9 Å². The van der Waals surface area contributed by atoms with Crippen LogP contribution in [0, 0.1) is 30.3 Å². The van der Waals surface area contributed by atoms with Gasteiger partial charge in [0, 0.05) is 35.3 Å². The van der Waals surface area contributed by atoms with Crippen LogP contribution >= 0.6 is 0 Å². The smallest absolute Gasteiger partial charge is 0.224 e. The first-order valence-electron chi connectivity index (χ1n) is 10.8. The summed E-state index contributed by atoms with van der Waals surface area (Å²) in [6.07, 6.45) is 5.73. The fourth-order valence-corrected chi connectivity index (χ4v) is 2.07. The maximum atomic E-state index is 9.92. The molecule has 0 aliphatic heterocycles. The Labute approximate surface area is 215 Å². The standard InChI is InChI=1S/C5H8N4O2.C5H10N4.C4H6N4O2.C3H6N2O3/c1-8-4-6-5(7-8)2-3-9(10)11;1-9-4-7-5(8-9)2-3-6;9-8(10)2-1-4-5-3-6-7-4;4-3(6)1-2-5(7)8/h4H,2-3H2,1H3;4H,2-3,6H2,1H3;3H,1-2H2,(H,5,6,7);1-2H2,(H2,4,6). The third-order valence-corrected chi connectivity index (χ3v) is 3.72. The summed E-state index contributed by atoms with van der Waals surface area (Å²) in [7, 11) is 3.57. The van der Waals surface area contributed by atoms with Gasteiger partial charge in [0.2, 0.25) is 25.5 Å². The van der Waals surface area contributed by atoms with Gasteiger partial charge in [-0.2, -0.15) is 15.3 Å². The molecule has 0 aliphatic rings. The number of nitro groups is 3. The van der Waals surface area contributed by atoms with Gasteiger partial charge >= 0.3 is 0 Å². The molecule has 0 spiro atoms. The van der Waals surface area contributed by atoms with Crippen molar-refractivity contribution in [2.75, 3.05) is 26.2 Å². The molecular weight excluding hydrogens is 512 g/mol. The number of aromatic amines is 1. The van der Waals surface area contributed by atoms with E-state index in [1.165, 1.54) is 17.3 Å². The van der Waals surface area contributed by atoms with Crippen molar-refractivity contribution in [3.05, 3.63) is 66.8 Å². The molecule has 0 aliphatic carbocycles. The molecule has 0 bridgehead atoms. The highest BCUT2D eigenvalue weighted by molar-refractivity contribution is 5.73. The first-order chi connectivity index (χ1) is 17.9. The molecule has 3 aromatic heterocycles. The van der Waals surface area contributed by atoms with E-state index in [0.717, 1.165) is 12.2 Å². The Morgan fingerprint density at radius 1 is 0.868 bits per heavy atom. The van der Waals surface area contributed by atoms with E-state index in [2.05, 4.69) is 41.1 Å². The van der Waals surface area contributed by atoms with Crippen LogP contribution in [-0.4, -0.2) is 91.6 Å². The Bertz CT molecular complexity index is 1080. The van der Waals surface area contributed by atoms with Crippen LogP contribution in [0.2, 0.25) is 0 Å². The Kier molecular flexibility index (Phi) is 16.8. The second kappa shape index (κ2) is 19.3. The van der Waals surface area contributed by atoms with Crippen LogP contribution in [0.1, 0.15) is 23.9 Å². The molecule has 21 nitrogen and oxygen atoms in total. The van der Waals surface area contributed by atoms with Crippen molar-refractivity contribution >= 4 is 5.91 Å². The van der Waals surface area contributed by atoms with Crippen LogP contribution in [0.15, 0.2) is 19.0 Å². The molecule has 0 aromatic carbocycles. The minimum atomic E-state index is -0.637. The summed E-state index contributed by atoms with van der Waals surface area (Å²) in [6, 6.07) is 0. The van der Waals surface area contributed by atoms with Gasteiger partial charge in [0.15, 0.2) is 11.6 Å². The van der Waals surface area contributed by atoms with Gasteiger partial charge < -0.3 is 11.5 Å².